The number of hydrogen-bond donors (Lipinski definition) is 0. The molecule has 1 aromatic carbocycles. The Morgan fingerprint density at radius 2 is 1.94 bits per heavy atom. The number of benzene rings is 1. The van der Waals surface area contributed by atoms with Gasteiger partial charge in [0.1, 0.15) is 0 Å². The average Bonchev–Trinajstić information content (AvgIpc) is 3.05. The van der Waals surface area contributed by atoms with Crippen LogP contribution in [0.3, 0.4) is 0 Å². The van der Waals surface area contributed by atoms with Crippen LogP contribution in [0, 0.1) is 17.3 Å². The van der Waals surface area contributed by atoms with Gasteiger partial charge in [-0.2, -0.15) is 0 Å². The van der Waals surface area contributed by atoms with Gasteiger partial charge in [0.25, 0.3) is 0 Å². The van der Waals surface area contributed by atoms with Gasteiger partial charge in [0.05, 0.1) is 0 Å². The predicted molar refractivity (Wildman–Crippen MR) is 68.4 cm³/mol. The molecule has 2 unspecified atom stereocenters. The smallest absolute Gasteiger partial charge is 0.0128 e. The number of rotatable bonds is 2. The summed E-state index contributed by atoms with van der Waals surface area (Å²) < 4.78 is 0. The summed E-state index contributed by atoms with van der Waals surface area (Å²) >= 11 is 0. The highest BCUT2D eigenvalue weighted by atomic mass is 14.6. The summed E-state index contributed by atoms with van der Waals surface area (Å²) in [5.41, 5.74) is 2.31. The zero-order valence-electron chi connectivity index (χ0n) is 10.4. The van der Waals surface area contributed by atoms with Crippen LogP contribution in [0.5, 0.6) is 0 Å². The monoisotopic (exact) mass is 214 g/mol. The normalized spacial score (nSPS) is 37.2. The molecule has 0 spiro atoms. The van der Waals surface area contributed by atoms with E-state index in [2.05, 4.69) is 44.2 Å². The molecule has 2 aliphatic carbocycles. The van der Waals surface area contributed by atoms with E-state index in [0.29, 0.717) is 0 Å². The first-order valence-electron chi connectivity index (χ1n) is 6.79. The van der Waals surface area contributed by atoms with Crippen molar-refractivity contribution >= 4 is 0 Å². The lowest BCUT2D eigenvalue weighted by molar-refractivity contribution is 0.233. The lowest BCUT2D eigenvalue weighted by atomic mass is 9.73. The Labute approximate surface area is 99.1 Å². The van der Waals surface area contributed by atoms with E-state index in [-0.39, 0.29) is 0 Å². The van der Waals surface area contributed by atoms with Gasteiger partial charge in [-0.25, -0.2) is 0 Å². The summed E-state index contributed by atoms with van der Waals surface area (Å²) in [6, 6.07) is 11.2. The van der Waals surface area contributed by atoms with Crippen LogP contribution in [0.25, 0.3) is 0 Å². The highest BCUT2D eigenvalue weighted by Gasteiger charge is 2.60. The van der Waals surface area contributed by atoms with Crippen LogP contribution >= 0.6 is 0 Å². The molecule has 3 atom stereocenters. The third kappa shape index (κ3) is 1.43. The van der Waals surface area contributed by atoms with Crippen LogP contribution in [-0.4, -0.2) is 0 Å². The predicted octanol–water partition coefficient (Wildman–Crippen LogP) is 4.62. The molecule has 2 saturated carbocycles. The van der Waals surface area contributed by atoms with Crippen LogP contribution in [0.1, 0.15) is 51.0 Å². The van der Waals surface area contributed by atoms with E-state index in [1.165, 1.54) is 25.7 Å². The summed E-state index contributed by atoms with van der Waals surface area (Å²) in [6.07, 6.45) is 5.83. The van der Waals surface area contributed by atoms with Gasteiger partial charge >= 0.3 is 0 Å². The first-order valence-corrected chi connectivity index (χ1v) is 6.79. The fraction of sp³-hybridized carbons (Fsp3) is 0.625. The molecule has 0 nitrogen and oxygen atoms in total. The molecule has 0 radical (unpaired) electrons. The van der Waals surface area contributed by atoms with Gasteiger partial charge in [0, 0.05) is 0 Å². The molecule has 0 bridgehead atoms. The molecule has 0 aromatic heterocycles. The van der Waals surface area contributed by atoms with Gasteiger partial charge in [-0.1, -0.05) is 50.6 Å². The van der Waals surface area contributed by atoms with Crippen LogP contribution in [0.4, 0.5) is 0 Å². The largest absolute Gasteiger partial charge is 0.0622 e. The van der Waals surface area contributed by atoms with E-state index in [0.717, 1.165) is 23.2 Å². The van der Waals surface area contributed by atoms with Crippen molar-refractivity contribution in [1.29, 1.82) is 0 Å². The molecule has 0 amide bonds. The van der Waals surface area contributed by atoms with Crippen molar-refractivity contribution in [1.82, 2.24) is 0 Å². The van der Waals surface area contributed by atoms with Gasteiger partial charge in [-0.3, -0.25) is 0 Å². The van der Waals surface area contributed by atoms with Gasteiger partial charge in [0.15, 0.2) is 0 Å². The fourth-order valence-corrected chi connectivity index (χ4v) is 4.08. The van der Waals surface area contributed by atoms with Crippen molar-refractivity contribution in [3.8, 4) is 0 Å². The maximum absolute atomic E-state index is 2.42. The zero-order chi connectivity index (χ0) is 11.2. The maximum Gasteiger partial charge on any atom is -0.0128 e. The van der Waals surface area contributed by atoms with Crippen LogP contribution < -0.4 is 0 Å². The minimum absolute atomic E-state index is 0.721. The molecule has 0 saturated heterocycles. The SMILES string of the molecule is CC(C)C12CCC[C@H](c3ccccc3)C1C2. The Morgan fingerprint density at radius 3 is 2.62 bits per heavy atom. The summed E-state index contributed by atoms with van der Waals surface area (Å²) in [7, 11) is 0. The summed E-state index contributed by atoms with van der Waals surface area (Å²) in [5, 5.41) is 0. The van der Waals surface area contributed by atoms with Crippen molar-refractivity contribution in [2.75, 3.05) is 0 Å². The van der Waals surface area contributed by atoms with E-state index in [4.69, 9.17) is 0 Å². The Kier molecular flexibility index (Phi) is 2.34. The Balaban J connectivity index is 1.84. The third-order valence-corrected chi connectivity index (χ3v) is 5.20. The molecular formula is C16H22. The van der Waals surface area contributed by atoms with Crippen molar-refractivity contribution in [2.24, 2.45) is 17.3 Å². The Morgan fingerprint density at radius 1 is 1.19 bits per heavy atom. The summed E-state index contributed by atoms with van der Waals surface area (Å²) in [4.78, 5) is 0. The van der Waals surface area contributed by atoms with Crippen molar-refractivity contribution in [3.05, 3.63) is 35.9 Å². The minimum atomic E-state index is 0.721. The molecule has 2 aliphatic rings. The molecule has 0 N–H and O–H groups in total. The fourth-order valence-electron chi connectivity index (χ4n) is 4.08. The van der Waals surface area contributed by atoms with Gasteiger partial charge in [0.2, 0.25) is 0 Å². The highest BCUT2D eigenvalue weighted by Crippen LogP contribution is 2.69. The number of hydrogen-bond acceptors (Lipinski definition) is 0. The van der Waals surface area contributed by atoms with Crippen LogP contribution in [-0.2, 0) is 0 Å². The van der Waals surface area contributed by atoms with Crippen molar-refractivity contribution in [2.45, 2.75) is 45.4 Å². The van der Waals surface area contributed by atoms with E-state index in [1.54, 1.807) is 5.56 Å². The quantitative estimate of drug-likeness (QED) is 0.674. The molecule has 0 aliphatic heterocycles. The lowest BCUT2D eigenvalue weighted by Gasteiger charge is -2.31. The molecule has 0 heteroatoms. The van der Waals surface area contributed by atoms with E-state index >= 15 is 0 Å². The van der Waals surface area contributed by atoms with E-state index in [1.807, 2.05) is 0 Å². The minimum Gasteiger partial charge on any atom is -0.0622 e. The second kappa shape index (κ2) is 3.61. The van der Waals surface area contributed by atoms with Crippen LogP contribution in [0.2, 0.25) is 0 Å². The van der Waals surface area contributed by atoms with E-state index in [9.17, 15) is 0 Å². The molecule has 3 rings (SSSR count). The maximum atomic E-state index is 2.42. The molecule has 0 heterocycles. The summed E-state index contributed by atoms with van der Waals surface area (Å²) in [5.74, 6) is 2.73. The van der Waals surface area contributed by atoms with Crippen molar-refractivity contribution in [3.63, 3.8) is 0 Å². The van der Waals surface area contributed by atoms with Gasteiger partial charge in [-0.15, -0.1) is 0 Å². The van der Waals surface area contributed by atoms with Gasteiger partial charge in [-0.05, 0) is 48.0 Å². The summed E-state index contributed by atoms with van der Waals surface area (Å²) in [6.45, 7) is 4.85. The standard InChI is InChI=1S/C16H22/c1-12(2)16-10-6-9-14(15(16)11-16)13-7-4-3-5-8-13/h3-5,7-8,12,14-15H,6,9-11H2,1-2H3/t14-,15?,16?/m1/s1. The second-order valence-corrected chi connectivity index (χ2v) is 6.11. The number of fused-ring (bicyclic) bond motifs is 1. The molecular weight excluding hydrogens is 192 g/mol. The van der Waals surface area contributed by atoms with Crippen LogP contribution in [0.15, 0.2) is 30.3 Å². The lowest BCUT2D eigenvalue weighted by Crippen LogP contribution is -2.21. The zero-order valence-corrected chi connectivity index (χ0v) is 10.4. The highest BCUT2D eigenvalue weighted by molar-refractivity contribution is 5.26. The first-order chi connectivity index (χ1) is 7.74. The molecule has 16 heavy (non-hydrogen) atoms. The third-order valence-electron chi connectivity index (χ3n) is 5.20. The molecule has 2 fully saturated rings. The second-order valence-electron chi connectivity index (χ2n) is 6.11. The Hall–Kier alpha value is -0.780. The van der Waals surface area contributed by atoms with Gasteiger partial charge < -0.3 is 0 Å². The Bertz CT molecular complexity index is 365. The van der Waals surface area contributed by atoms with E-state index < -0.39 is 0 Å². The molecule has 1 aromatic rings. The molecule has 86 valence electrons. The topological polar surface area (TPSA) is 0 Å². The average molecular weight is 214 g/mol. The van der Waals surface area contributed by atoms with Crippen molar-refractivity contribution < 1.29 is 0 Å². The first kappa shape index (κ1) is 10.4.